The first-order valence-corrected chi connectivity index (χ1v) is 10.3. The number of rotatable bonds is 6. The van der Waals surface area contributed by atoms with E-state index in [9.17, 15) is 14.0 Å². The lowest BCUT2D eigenvalue weighted by Gasteiger charge is -2.11. The molecule has 1 aromatic carbocycles. The highest BCUT2D eigenvalue weighted by atomic mass is 32.2. The molecule has 0 saturated carbocycles. The lowest BCUT2D eigenvalue weighted by Crippen LogP contribution is -2.27. The van der Waals surface area contributed by atoms with E-state index in [2.05, 4.69) is 17.2 Å². The fourth-order valence-corrected chi connectivity index (χ4v) is 4.73. The Kier molecular flexibility index (Phi) is 6.03. The molecule has 5 nitrogen and oxygen atoms in total. The standard InChI is InChI=1S/C18H20FN3O2S2/c1-3-22-17(24)16-14(8-11(2)26-16)21-18(22)25-10-15(23)20-9-12-4-6-13(19)7-5-12/h4-7,11H,3,8-10H2,1-2H3,(H,20,23)/t11-/m1/s1. The SMILES string of the molecule is CCn1c(SCC(=O)NCc2ccc(F)cc2)nc2c(c1=O)S[C@H](C)C2. The van der Waals surface area contributed by atoms with Gasteiger partial charge < -0.3 is 5.32 Å². The van der Waals surface area contributed by atoms with E-state index in [4.69, 9.17) is 0 Å². The van der Waals surface area contributed by atoms with Crippen molar-refractivity contribution in [3.8, 4) is 0 Å². The monoisotopic (exact) mass is 393 g/mol. The Morgan fingerprint density at radius 1 is 1.42 bits per heavy atom. The zero-order chi connectivity index (χ0) is 18.7. The second kappa shape index (κ2) is 8.26. The third kappa shape index (κ3) is 4.29. The van der Waals surface area contributed by atoms with Crippen LogP contribution < -0.4 is 10.9 Å². The van der Waals surface area contributed by atoms with Gasteiger partial charge in [0.05, 0.1) is 16.3 Å². The number of halogens is 1. The Hall–Kier alpha value is -1.80. The molecule has 1 atom stereocenters. The summed E-state index contributed by atoms with van der Waals surface area (Å²) in [5, 5.41) is 3.74. The van der Waals surface area contributed by atoms with Crippen molar-refractivity contribution in [1.82, 2.24) is 14.9 Å². The highest BCUT2D eigenvalue weighted by Crippen LogP contribution is 2.34. The van der Waals surface area contributed by atoms with Crippen LogP contribution in [-0.2, 0) is 24.3 Å². The van der Waals surface area contributed by atoms with E-state index in [1.807, 2.05) is 6.92 Å². The van der Waals surface area contributed by atoms with Crippen molar-refractivity contribution in [1.29, 1.82) is 0 Å². The minimum Gasteiger partial charge on any atom is -0.351 e. The maximum atomic E-state index is 12.9. The van der Waals surface area contributed by atoms with Gasteiger partial charge in [-0.2, -0.15) is 0 Å². The summed E-state index contributed by atoms with van der Waals surface area (Å²) in [7, 11) is 0. The minimum atomic E-state index is -0.302. The third-order valence-electron chi connectivity index (χ3n) is 4.01. The Labute approximate surface area is 159 Å². The lowest BCUT2D eigenvalue weighted by molar-refractivity contribution is -0.118. The van der Waals surface area contributed by atoms with E-state index in [1.54, 1.807) is 28.5 Å². The Balaban J connectivity index is 1.63. The highest BCUT2D eigenvalue weighted by molar-refractivity contribution is 8.00. The maximum absolute atomic E-state index is 12.9. The smallest absolute Gasteiger partial charge is 0.268 e. The number of hydrogen-bond donors (Lipinski definition) is 1. The van der Waals surface area contributed by atoms with E-state index in [0.717, 1.165) is 22.6 Å². The number of nitrogens with zero attached hydrogens (tertiary/aromatic N) is 2. The molecule has 0 fully saturated rings. The van der Waals surface area contributed by atoms with E-state index in [0.29, 0.717) is 23.5 Å². The van der Waals surface area contributed by atoms with E-state index < -0.39 is 0 Å². The van der Waals surface area contributed by atoms with Gasteiger partial charge in [-0.25, -0.2) is 9.37 Å². The molecule has 3 rings (SSSR count). The number of fused-ring (bicyclic) bond motifs is 1. The Morgan fingerprint density at radius 3 is 2.85 bits per heavy atom. The van der Waals surface area contributed by atoms with Crippen LogP contribution in [0.3, 0.4) is 0 Å². The molecule has 0 spiro atoms. The predicted octanol–water partition coefficient (Wildman–Crippen LogP) is 2.85. The number of benzene rings is 1. The molecule has 1 aromatic heterocycles. The largest absolute Gasteiger partial charge is 0.351 e. The van der Waals surface area contributed by atoms with Gasteiger partial charge in [0.15, 0.2) is 5.16 Å². The number of carbonyl (C=O) groups excluding carboxylic acids is 1. The Bertz CT molecular complexity index is 868. The zero-order valence-electron chi connectivity index (χ0n) is 14.6. The van der Waals surface area contributed by atoms with Crippen LogP contribution >= 0.6 is 23.5 Å². The maximum Gasteiger partial charge on any atom is 0.268 e. The van der Waals surface area contributed by atoms with Gasteiger partial charge in [0, 0.05) is 24.8 Å². The number of carbonyl (C=O) groups is 1. The molecule has 1 amide bonds. The first kappa shape index (κ1) is 19.0. The molecule has 1 N–H and O–H groups in total. The van der Waals surface area contributed by atoms with Crippen LogP contribution in [0.25, 0.3) is 0 Å². The van der Waals surface area contributed by atoms with E-state index >= 15 is 0 Å². The lowest BCUT2D eigenvalue weighted by atomic mass is 10.2. The van der Waals surface area contributed by atoms with Crippen LogP contribution in [-0.4, -0.2) is 26.5 Å². The van der Waals surface area contributed by atoms with Crippen LogP contribution in [0.2, 0.25) is 0 Å². The fraction of sp³-hybridized carbons (Fsp3) is 0.389. The summed E-state index contributed by atoms with van der Waals surface area (Å²) >= 11 is 2.85. The number of aromatic nitrogens is 2. The second-order valence-corrected chi connectivity index (χ2v) is 8.44. The molecule has 1 aliphatic heterocycles. The molecule has 8 heteroatoms. The van der Waals surface area contributed by atoms with Gasteiger partial charge in [-0.3, -0.25) is 14.2 Å². The van der Waals surface area contributed by atoms with Crippen molar-refractivity contribution in [2.24, 2.45) is 0 Å². The molecule has 2 heterocycles. The molecular weight excluding hydrogens is 373 g/mol. The quantitative estimate of drug-likeness (QED) is 0.604. The predicted molar refractivity (Wildman–Crippen MR) is 102 cm³/mol. The van der Waals surface area contributed by atoms with Gasteiger partial charge in [0.2, 0.25) is 5.91 Å². The second-order valence-electron chi connectivity index (χ2n) is 6.04. The van der Waals surface area contributed by atoms with Crippen molar-refractivity contribution in [3.05, 3.63) is 51.7 Å². The average molecular weight is 394 g/mol. The van der Waals surface area contributed by atoms with E-state index in [1.165, 1.54) is 23.9 Å². The Morgan fingerprint density at radius 2 is 2.15 bits per heavy atom. The van der Waals surface area contributed by atoms with Crippen molar-refractivity contribution in [3.63, 3.8) is 0 Å². The van der Waals surface area contributed by atoms with Crippen LogP contribution in [0.1, 0.15) is 25.1 Å². The summed E-state index contributed by atoms with van der Waals surface area (Å²) in [4.78, 5) is 30.1. The number of hydrogen-bond acceptors (Lipinski definition) is 5. The summed E-state index contributed by atoms with van der Waals surface area (Å²) in [5.41, 5.74) is 1.66. The molecule has 1 aliphatic rings. The summed E-state index contributed by atoms with van der Waals surface area (Å²) in [6, 6.07) is 6.00. The van der Waals surface area contributed by atoms with Crippen molar-refractivity contribution in [2.45, 2.75) is 48.7 Å². The normalized spacial score (nSPS) is 15.7. The number of thioether (sulfide) groups is 2. The summed E-state index contributed by atoms with van der Waals surface area (Å²) in [5.74, 6) is -0.280. The zero-order valence-corrected chi connectivity index (χ0v) is 16.3. The molecule has 0 unspecified atom stereocenters. The van der Waals surface area contributed by atoms with E-state index in [-0.39, 0.29) is 23.0 Å². The van der Waals surface area contributed by atoms with Gasteiger partial charge in [-0.05, 0) is 24.6 Å². The first-order chi connectivity index (χ1) is 12.5. The highest BCUT2D eigenvalue weighted by Gasteiger charge is 2.26. The van der Waals surface area contributed by atoms with Crippen LogP contribution in [0.4, 0.5) is 4.39 Å². The van der Waals surface area contributed by atoms with Crippen molar-refractivity contribution in [2.75, 3.05) is 5.75 Å². The van der Waals surface area contributed by atoms with Gasteiger partial charge in [0.1, 0.15) is 5.82 Å². The number of nitrogens with one attached hydrogen (secondary N) is 1. The topological polar surface area (TPSA) is 64.0 Å². The average Bonchev–Trinajstić information content (AvgIpc) is 3.00. The summed E-state index contributed by atoms with van der Waals surface area (Å²) in [6.07, 6.45) is 0.782. The molecular formula is C18H20FN3O2S2. The summed E-state index contributed by atoms with van der Waals surface area (Å²) < 4.78 is 14.5. The fourth-order valence-electron chi connectivity index (χ4n) is 2.70. The number of amides is 1. The van der Waals surface area contributed by atoms with Crippen LogP contribution in [0.5, 0.6) is 0 Å². The third-order valence-corrected chi connectivity index (χ3v) is 6.21. The molecule has 0 saturated heterocycles. The van der Waals surface area contributed by atoms with Crippen molar-refractivity contribution >= 4 is 29.4 Å². The van der Waals surface area contributed by atoms with Crippen molar-refractivity contribution < 1.29 is 9.18 Å². The molecule has 26 heavy (non-hydrogen) atoms. The molecule has 0 radical (unpaired) electrons. The van der Waals surface area contributed by atoms with Gasteiger partial charge in [-0.15, -0.1) is 11.8 Å². The molecule has 0 aliphatic carbocycles. The molecule has 138 valence electrons. The van der Waals surface area contributed by atoms with Gasteiger partial charge in [-0.1, -0.05) is 30.8 Å². The van der Waals surface area contributed by atoms with Crippen LogP contribution in [0, 0.1) is 5.82 Å². The molecule has 0 bridgehead atoms. The van der Waals surface area contributed by atoms with Gasteiger partial charge in [0.25, 0.3) is 5.56 Å². The summed E-state index contributed by atoms with van der Waals surface area (Å²) in [6.45, 7) is 4.84. The van der Waals surface area contributed by atoms with Crippen LogP contribution in [0.15, 0.2) is 39.1 Å². The molecule has 2 aromatic rings. The van der Waals surface area contributed by atoms with Gasteiger partial charge >= 0.3 is 0 Å². The first-order valence-electron chi connectivity index (χ1n) is 8.42. The minimum absolute atomic E-state index is 0.0129.